The van der Waals surface area contributed by atoms with Crippen LogP contribution in [0.5, 0.6) is 0 Å². The smallest absolute Gasteiger partial charge is 0.311 e. The maximum absolute atomic E-state index is 14.5. The van der Waals surface area contributed by atoms with Crippen molar-refractivity contribution in [1.29, 1.82) is 10.5 Å². The Morgan fingerprint density at radius 3 is 1.44 bits per heavy atom. The third kappa shape index (κ3) is 11.0. The number of fused-ring (bicyclic) bond motifs is 4. The van der Waals surface area contributed by atoms with E-state index in [0.717, 1.165) is 36.8 Å². The summed E-state index contributed by atoms with van der Waals surface area (Å²) in [6, 6.07) is 5.07. The highest BCUT2D eigenvalue weighted by molar-refractivity contribution is 7.18. The first-order valence-corrected chi connectivity index (χ1v) is 28.7. The number of nitrogens with zero attached hydrogens (tertiary/aromatic N) is 15. The molecule has 8 aromatic rings. The van der Waals surface area contributed by atoms with Gasteiger partial charge in [0.25, 0.3) is 0 Å². The van der Waals surface area contributed by atoms with Gasteiger partial charge < -0.3 is 76.4 Å². The van der Waals surface area contributed by atoms with Gasteiger partial charge in [-0.2, -0.15) is 19.9 Å². The number of azide groups is 2. The molecule has 458 valence electrons. The zero-order valence-electron chi connectivity index (χ0n) is 44.5. The molecule has 12 rings (SSSR count). The second-order valence-corrected chi connectivity index (χ2v) is 23.2. The zero-order chi connectivity index (χ0) is 63.1. The van der Waals surface area contributed by atoms with Gasteiger partial charge in [-0.15, -0.1) is 45.3 Å². The molecule has 0 aromatic carbocycles. The molecule has 0 bridgehead atoms. The van der Waals surface area contributed by atoms with Crippen LogP contribution in [-0.4, -0.2) is 179 Å². The molecule has 16 atom stereocenters. The molecule has 0 radical (unpaired) electrons. The van der Waals surface area contributed by atoms with Gasteiger partial charge in [0.15, 0.2) is 30.0 Å². The van der Waals surface area contributed by atoms with E-state index in [1.807, 2.05) is 6.92 Å². The van der Waals surface area contributed by atoms with E-state index in [4.69, 9.17) is 52.0 Å². The lowest BCUT2D eigenvalue weighted by Crippen LogP contribution is -2.44. The maximum Gasteiger partial charge on any atom is 0.311 e. The van der Waals surface area contributed by atoms with E-state index < -0.39 is 129 Å². The van der Waals surface area contributed by atoms with Crippen LogP contribution >= 0.6 is 45.3 Å². The summed E-state index contributed by atoms with van der Waals surface area (Å²) in [6.45, 7) is 0.371. The predicted octanol–water partition coefficient (Wildman–Crippen LogP) is 3.90. The Morgan fingerprint density at radius 2 is 0.989 bits per heavy atom. The Labute approximate surface area is 500 Å². The van der Waals surface area contributed by atoms with Crippen molar-refractivity contribution in [2.75, 3.05) is 37.9 Å². The number of alkyl halides is 3. The van der Waals surface area contributed by atoms with E-state index in [9.17, 15) is 63.5 Å². The molecule has 0 unspecified atom stereocenters. The number of anilines is 2. The third-order valence-electron chi connectivity index (χ3n) is 14.7. The predicted molar refractivity (Wildman–Crippen MR) is 299 cm³/mol. The van der Waals surface area contributed by atoms with Crippen molar-refractivity contribution in [2.24, 2.45) is 10.2 Å². The standard InChI is InChI=1S/C13H12FN3O3S.C13H13N3O4S.C12H12FN5O3S.C11H10F2N6O3S/c1-6-11-9(17-5-16-6)7(2-21-11)10-8(14)12(19)13(3-15,4-18)20-10;14-4-13(5-17)12(19)9(18)10(20-13)6-3-21-11-7(15)1-2-16-8(6)11;1-5-10-8(16-4-15-5)6(2-22-10)9-7(13)11(20)12(3-19,21-9)17-18-14;12-4-6(22-11(2-20,8(4)21)18-19-15)3-1-23-7-5(3)16-10(13)17-9(7)14/h2,5,8,10,12,18-19H,4H2,1H3;1-3,9-10,12,17-19H,5H2,(H2,15,16);2,4,7,9,11,19-20H,3H2,1H3;1,4,6,8,20-21H,2H2,(H2,14,16,17)/t8-,10-,12-,13+;9-,10-,12-,13+;7-,9-,11-,12+;4-,6-,8-,11+/m0000/s1. The van der Waals surface area contributed by atoms with Gasteiger partial charge in [0.1, 0.15) is 85.5 Å². The molecule has 0 spiro atoms. The third-order valence-corrected chi connectivity index (χ3v) is 18.9. The van der Waals surface area contributed by atoms with Gasteiger partial charge in [-0.3, -0.25) is 4.98 Å². The highest BCUT2D eigenvalue weighted by atomic mass is 32.1. The minimum absolute atomic E-state index is 0.0366. The van der Waals surface area contributed by atoms with Gasteiger partial charge in [0, 0.05) is 38.3 Å². The van der Waals surface area contributed by atoms with E-state index >= 15 is 0 Å². The summed E-state index contributed by atoms with van der Waals surface area (Å²) in [6.07, 6.45) is -15.4. The maximum atomic E-state index is 14.5. The average molecular weight is 1290 g/mol. The highest BCUT2D eigenvalue weighted by Crippen LogP contribution is 2.49. The molecule has 0 amide bonds. The van der Waals surface area contributed by atoms with E-state index in [1.165, 1.54) is 58.2 Å². The van der Waals surface area contributed by atoms with Crippen LogP contribution in [0.4, 0.5) is 29.1 Å². The molecular formula is C49H47F4N17O13S4. The van der Waals surface area contributed by atoms with Gasteiger partial charge in [0.2, 0.25) is 11.2 Å². The molecule has 0 saturated carbocycles. The van der Waals surface area contributed by atoms with Crippen molar-refractivity contribution >= 4 is 97.7 Å². The molecule has 4 aliphatic rings. The minimum atomic E-state index is -2.16. The summed E-state index contributed by atoms with van der Waals surface area (Å²) >= 11 is 5.07. The molecule has 0 aliphatic carbocycles. The molecule has 87 heavy (non-hydrogen) atoms. The number of aryl methyl sites for hydroxylation is 2. The van der Waals surface area contributed by atoms with Gasteiger partial charge in [-0.1, -0.05) is 10.2 Å². The quantitative estimate of drug-likeness (QED) is 0.0304. The van der Waals surface area contributed by atoms with Gasteiger partial charge in [-0.25, -0.2) is 38.1 Å². The average Bonchev–Trinajstić information content (AvgIpc) is 1.70. The monoisotopic (exact) mass is 1290 g/mol. The molecule has 4 fully saturated rings. The zero-order valence-corrected chi connectivity index (χ0v) is 47.8. The second kappa shape index (κ2) is 25.4. The van der Waals surface area contributed by atoms with Crippen molar-refractivity contribution in [3.8, 4) is 12.1 Å². The molecule has 12 heterocycles. The number of thiophene rings is 4. The number of halogens is 4. The number of nitriles is 2. The van der Waals surface area contributed by atoms with Crippen LogP contribution < -0.4 is 11.5 Å². The van der Waals surface area contributed by atoms with Crippen LogP contribution in [0.2, 0.25) is 0 Å². The Balaban J connectivity index is 0.000000138. The summed E-state index contributed by atoms with van der Waals surface area (Å²) in [5.74, 6) is -0.110. The number of rotatable bonds is 10. The van der Waals surface area contributed by atoms with Crippen LogP contribution in [0.1, 0.15) is 58.1 Å². The fourth-order valence-corrected chi connectivity index (χ4v) is 13.8. The largest absolute Gasteiger partial charge is 0.397 e. The summed E-state index contributed by atoms with van der Waals surface area (Å²) in [7, 11) is 0. The number of aromatic nitrogens is 7. The van der Waals surface area contributed by atoms with Gasteiger partial charge in [-0.05, 0) is 52.5 Å². The lowest BCUT2D eigenvalue weighted by molar-refractivity contribution is -0.107. The number of aliphatic hydroxyl groups excluding tert-OH is 9. The number of aliphatic hydroxyl groups is 9. The molecule has 8 aromatic heterocycles. The Hall–Kier alpha value is -7.37. The van der Waals surface area contributed by atoms with Crippen molar-refractivity contribution in [2.45, 2.75) is 110 Å². The fraction of sp³-hybridized carbons (Fsp3) is 0.449. The van der Waals surface area contributed by atoms with Gasteiger partial charge >= 0.3 is 6.08 Å². The minimum Gasteiger partial charge on any atom is -0.397 e. The number of nitrogen functional groups attached to an aromatic ring is 2. The SMILES string of the molecule is Cc1ncnc2c([C@@H]3O[C@@](CO)(N=[N+]=[N-])[C@@H](O)[C@H]3F)csc12.Cc1ncnc2c([C@@H]3O[C@](C#N)(CO)[C@@H](O)[C@H]3F)csc12.N#C[C@]1(CO)O[C@@H](c2csc3c(N)ccnc23)[C@H](O)[C@@H]1O.[N-]=[N+]=N[C@]1(CO)O[C@@H](c2csc3c(N)nc(F)nc23)[C@H](F)[C@@H]1O. The van der Waals surface area contributed by atoms with E-state index in [1.54, 1.807) is 41.3 Å². The summed E-state index contributed by atoms with van der Waals surface area (Å²) in [4.78, 5) is 32.5. The summed E-state index contributed by atoms with van der Waals surface area (Å²) in [5, 5.41) is 118. The van der Waals surface area contributed by atoms with Crippen LogP contribution in [-0.2, 0) is 18.9 Å². The van der Waals surface area contributed by atoms with Crippen molar-refractivity contribution in [3.63, 3.8) is 0 Å². The first-order valence-electron chi connectivity index (χ1n) is 25.2. The number of pyridine rings is 1. The normalized spacial score (nSPS) is 31.6. The topological polar surface area (TPSA) is 506 Å². The van der Waals surface area contributed by atoms with E-state index in [-0.39, 0.29) is 16.9 Å². The lowest BCUT2D eigenvalue weighted by atomic mass is 9.95. The first kappa shape index (κ1) is 64.1. The van der Waals surface area contributed by atoms with Crippen LogP contribution in [0, 0.1) is 42.6 Å². The first-order chi connectivity index (χ1) is 41.5. The Kier molecular flexibility index (Phi) is 18.7. The number of hydrogen-bond donors (Lipinski definition) is 11. The van der Waals surface area contributed by atoms with Crippen LogP contribution in [0.25, 0.3) is 61.8 Å². The van der Waals surface area contributed by atoms with Crippen LogP contribution in [0.15, 0.2) is 56.7 Å². The fourth-order valence-electron chi connectivity index (χ4n) is 9.92. The van der Waals surface area contributed by atoms with E-state index in [2.05, 4.69) is 54.9 Å². The van der Waals surface area contributed by atoms with Crippen molar-refractivity contribution in [3.05, 3.63) is 107 Å². The summed E-state index contributed by atoms with van der Waals surface area (Å²) < 4.78 is 80.9. The Bertz CT molecular complexity index is 3930. The molecule has 38 heteroatoms. The van der Waals surface area contributed by atoms with E-state index in [0.29, 0.717) is 43.6 Å². The number of ether oxygens (including phenoxy) is 4. The highest BCUT2D eigenvalue weighted by Gasteiger charge is 2.59. The number of hydrogen-bond acceptors (Lipinski definition) is 30. The van der Waals surface area contributed by atoms with Crippen LogP contribution in [0.3, 0.4) is 0 Å². The summed E-state index contributed by atoms with van der Waals surface area (Å²) in [5.41, 5.74) is 25.8. The lowest BCUT2D eigenvalue weighted by Gasteiger charge is -2.23. The second-order valence-electron chi connectivity index (χ2n) is 19.6. The van der Waals surface area contributed by atoms with Crippen molar-refractivity contribution < 1.29 is 82.5 Å². The molecule has 4 aliphatic heterocycles. The van der Waals surface area contributed by atoms with Crippen molar-refractivity contribution in [1.82, 2.24) is 34.9 Å². The van der Waals surface area contributed by atoms with Gasteiger partial charge in [0.05, 0.1) is 84.4 Å². The Morgan fingerprint density at radius 1 is 0.575 bits per heavy atom. The molecule has 4 saturated heterocycles. The molecular weight excluding hydrogens is 1240 g/mol. The molecule has 30 nitrogen and oxygen atoms in total. The molecule has 13 N–H and O–H groups in total. The number of nitrogens with two attached hydrogens (primary N) is 2.